The van der Waals surface area contributed by atoms with Crippen molar-refractivity contribution >= 4 is 56.0 Å². The third-order valence-electron chi connectivity index (χ3n) is 6.57. The minimum atomic E-state index is -0.771. The molecular weight excluding hydrogens is 712 g/mol. The van der Waals surface area contributed by atoms with Crippen molar-refractivity contribution in [3.8, 4) is 17.2 Å². The molecule has 1 atom stereocenters. The summed E-state index contributed by atoms with van der Waals surface area (Å²) in [6, 6.07) is 15.4. The molecule has 0 bridgehead atoms. The van der Waals surface area contributed by atoms with Gasteiger partial charge in [0.15, 0.2) is 18.1 Å². The van der Waals surface area contributed by atoms with Crippen molar-refractivity contribution in [1.29, 1.82) is 0 Å². The molecule has 3 aromatic carbocycles. The molecule has 0 saturated heterocycles. The van der Waals surface area contributed by atoms with Gasteiger partial charge < -0.3 is 29.6 Å². The number of urea groups is 1. The van der Waals surface area contributed by atoms with Gasteiger partial charge in [-0.25, -0.2) is 15.0 Å². The number of hydrogen-bond donors (Lipinski definition) is 3. The Hall–Kier alpha value is -4.36. The summed E-state index contributed by atoms with van der Waals surface area (Å²) < 4.78 is 23.7. The van der Waals surface area contributed by atoms with Gasteiger partial charge in [0.2, 0.25) is 0 Å². The third kappa shape index (κ3) is 8.85. The second-order valence-corrected chi connectivity index (χ2v) is 11.6. The van der Waals surface area contributed by atoms with Crippen LogP contribution in [-0.2, 0) is 20.9 Å². The Morgan fingerprint density at radius 2 is 1.71 bits per heavy atom. The second kappa shape index (κ2) is 15.6. The fraction of sp³-hybridized carbons (Fsp3) is 0.250. The van der Waals surface area contributed by atoms with Crippen LogP contribution < -0.4 is 30.3 Å². The molecule has 13 heteroatoms. The number of methoxy groups -OCH3 is 1. The minimum Gasteiger partial charge on any atom is -0.493 e. The zero-order chi connectivity index (χ0) is 32.5. The van der Waals surface area contributed by atoms with E-state index in [1.807, 2.05) is 43.3 Å². The smallest absolute Gasteiger partial charge is 0.338 e. The van der Waals surface area contributed by atoms with Crippen molar-refractivity contribution < 1.29 is 33.3 Å². The molecule has 11 nitrogen and oxygen atoms in total. The topological polar surface area (TPSA) is 137 Å². The van der Waals surface area contributed by atoms with Crippen molar-refractivity contribution in [1.82, 2.24) is 16.1 Å². The van der Waals surface area contributed by atoms with Gasteiger partial charge in [0.1, 0.15) is 12.4 Å². The van der Waals surface area contributed by atoms with Crippen molar-refractivity contribution in [2.24, 2.45) is 5.10 Å². The molecule has 4 rings (SSSR count). The molecule has 3 aromatic rings. The summed E-state index contributed by atoms with van der Waals surface area (Å²) in [6.45, 7) is 5.62. The summed E-state index contributed by atoms with van der Waals surface area (Å²) in [5, 5.41) is 9.36. The first kappa shape index (κ1) is 33.5. The highest BCUT2D eigenvalue weighted by Gasteiger charge is 2.32. The van der Waals surface area contributed by atoms with Crippen LogP contribution in [0.1, 0.15) is 42.1 Å². The van der Waals surface area contributed by atoms with Crippen LogP contribution >= 0.6 is 31.9 Å². The van der Waals surface area contributed by atoms with Crippen LogP contribution in [0.15, 0.2) is 79.9 Å². The Balaban J connectivity index is 1.35. The highest BCUT2D eigenvalue weighted by Crippen LogP contribution is 2.36. The Morgan fingerprint density at radius 3 is 2.38 bits per heavy atom. The van der Waals surface area contributed by atoms with Gasteiger partial charge in [0, 0.05) is 5.70 Å². The molecule has 1 heterocycles. The molecule has 1 aliphatic rings. The Labute approximate surface area is 277 Å². The highest BCUT2D eigenvalue weighted by molar-refractivity contribution is 9.11. The molecular formula is C32H32Br2N4O7. The number of hydrogen-bond acceptors (Lipinski definition) is 8. The standard InChI is InChI=1S/C32H32Br2N4O7/c1-5-43-31(40)28-19(3)36-32(41)37-29(28)22-10-11-25(26(14-22)42-4)44-17-27(39)38-35-15-21-12-23(33)30(24(34)13-21)45-16-20-8-6-18(2)7-9-20/h6-15,29H,5,16-17H2,1-4H3,(H,38,39)(H2,36,37,41)/b35-15-/t29-/m1/s1. The molecule has 236 valence electrons. The molecule has 0 unspecified atom stereocenters. The summed E-state index contributed by atoms with van der Waals surface area (Å²) >= 11 is 7.07. The number of esters is 1. The SMILES string of the molecule is CCOC(=O)C1=C(C)NC(=O)N[C@@H]1c1ccc(OCC(=O)N/N=C\c2cc(Br)c(OCc3ccc(C)cc3)c(Br)c2)c(OC)c1. The number of aryl methyl sites for hydroxylation is 1. The average molecular weight is 744 g/mol. The normalized spacial score (nSPS) is 14.4. The summed E-state index contributed by atoms with van der Waals surface area (Å²) in [7, 11) is 1.44. The monoisotopic (exact) mass is 742 g/mol. The molecule has 45 heavy (non-hydrogen) atoms. The van der Waals surface area contributed by atoms with Crippen LogP contribution in [-0.4, -0.2) is 44.4 Å². The number of carbonyl (C=O) groups is 3. The number of ether oxygens (including phenoxy) is 4. The lowest BCUT2D eigenvalue weighted by Crippen LogP contribution is -2.45. The van der Waals surface area contributed by atoms with Gasteiger partial charge in [-0.2, -0.15) is 5.10 Å². The Kier molecular flexibility index (Phi) is 11.6. The number of amides is 3. The van der Waals surface area contributed by atoms with Crippen molar-refractivity contribution in [3.05, 3.63) is 97.1 Å². The molecule has 0 saturated carbocycles. The second-order valence-electron chi connectivity index (χ2n) is 9.87. The van der Waals surface area contributed by atoms with E-state index in [0.29, 0.717) is 34.9 Å². The number of carbonyl (C=O) groups excluding carboxylic acids is 3. The van der Waals surface area contributed by atoms with Gasteiger partial charge in [-0.15, -0.1) is 0 Å². The molecule has 0 radical (unpaired) electrons. The van der Waals surface area contributed by atoms with E-state index in [1.165, 1.54) is 18.9 Å². The van der Waals surface area contributed by atoms with Crippen molar-refractivity contribution in [2.45, 2.75) is 33.4 Å². The summed E-state index contributed by atoms with van der Waals surface area (Å²) in [5.41, 5.74) is 6.61. The van der Waals surface area contributed by atoms with Gasteiger partial charge in [-0.1, -0.05) is 35.9 Å². The molecule has 0 spiro atoms. The molecule has 0 aliphatic carbocycles. The van der Waals surface area contributed by atoms with Crippen LogP contribution in [0.25, 0.3) is 0 Å². The molecule has 1 aliphatic heterocycles. The van der Waals surface area contributed by atoms with Gasteiger partial charge in [0.25, 0.3) is 5.91 Å². The van der Waals surface area contributed by atoms with Gasteiger partial charge in [-0.3, -0.25) is 4.79 Å². The number of nitrogens with zero attached hydrogens (tertiary/aromatic N) is 1. The Bertz CT molecular complexity index is 1620. The molecule has 3 N–H and O–H groups in total. The minimum absolute atomic E-state index is 0.184. The maximum atomic E-state index is 12.6. The van der Waals surface area contributed by atoms with E-state index in [0.717, 1.165) is 14.5 Å². The van der Waals surface area contributed by atoms with Crippen molar-refractivity contribution in [2.75, 3.05) is 20.3 Å². The van der Waals surface area contributed by atoms with E-state index in [-0.39, 0.29) is 24.5 Å². The first-order valence-electron chi connectivity index (χ1n) is 13.8. The summed E-state index contributed by atoms with van der Waals surface area (Å²) in [5.74, 6) is 0.189. The van der Waals surface area contributed by atoms with Crippen LogP contribution in [0, 0.1) is 6.92 Å². The van der Waals surface area contributed by atoms with Gasteiger partial charge in [-0.05, 0) is 93.6 Å². The lowest BCUT2D eigenvalue weighted by atomic mass is 9.95. The lowest BCUT2D eigenvalue weighted by molar-refractivity contribution is -0.139. The molecule has 0 aromatic heterocycles. The van der Waals surface area contributed by atoms with Crippen LogP contribution in [0.5, 0.6) is 17.2 Å². The molecule has 3 amide bonds. The number of hydrazone groups is 1. The number of rotatable bonds is 12. The number of nitrogens with one attached hydrogen (secondary N) is 3. The number of allylic oxidation sites excluding steroid dienone is 1. The maximum Gasteiger partial charge on any atom is 0.338 e. The van der Waals surface area contributed by atoms with E-state index < -0.39 is 23.9 Å². The number of halogens is 2. The van der Waals surface area contributed by atoms with Crippen molar-refractivity contribution in [3.63, 3.8) is 0 Å². The highest BCUT2D eigenvalue weighted by atomic mass is 79.9. The van der Waals surface area contributed by atoms with E-state index in [9.17, 15) is 14.4 Å². The first-order valence-corrected chi connectivity index (χ1v) is 15.4. The fourth-order valence-electron chi connectivity index (χ4n) is 4.39. The summed E-state index contributed by atoms with van der Waals surface area (Å²) in [6.07, 6.45) is 1.50. The largest absolute Gasteiger partial charge is 0.493 e. The first-order chi connectivity index (χ1) is 21.6. The lowest BCUT2D eigenvalue weighted by Gasteiger charge is -2.28. The predicted molar refractivity (Wildman–Crippen MR) is 175 cm³/mol. The Morgan fingerprint density at radius 1 is 1.00 bits per heavy atom. The third-order valence-corrected chi connectivity index (χ3v) is 7.75. The van der Waals surface area contributed by atoms with Gasteiger partial charge >= 0.3 is 12.0 Å². The zero-order valence-corrected chi connectivity index (χ0v) is 28.2. The number of benzene rings is 3. The van der Waals surface area contributed by atoms with E-state index in [1.54, 1.807) is 32.0 Å². The fourth-order valence-corrected chi connectivity index (χ4v) is 5.84. The van der Waals surface area contributed by atoms with Gasteiger partial charge in [0.05, 0.1) is 40.5 Å². The average Bonchev–Trinajstić information content (AvgIpc) is 3.00. The maximum absolute atomic E-state index is 12.6. The van der Waals surface area contributed by atoms with Crippen LogP contribution in [0.3, 0.4) is 0 Å². The predicted octanol–water partition coefficient (Wildman–Crippen LogP) is 5.83. The van der Waals surface area contributed by atoms with E-state index in [2.05, 4.69) is 53.0 Å². The van der Waals surface area contributed by atoms with E-state index >= 15 is 0 Å². The van der Waals surface area contributed by atoms with E-state index in [4.69, 9.17) is 18.9 Å². The molecule has 0 fully saturated rings. The zero-order valence-electron chi connectivity index (χ0n) is 25.0. The quantitative estimate of drug-likeness (QED) is 0.121. The van der Waals surface area contributed by atoms with Crippen LogP contribution in [0.2, 0.25) is 0 Å². The summed E-state index contributed by atoms with van der Waals surface area (Å²) in [4.78, 5) is 37.2. The van der Waals surface area contributed by atoms with Crippen LogP contribution in [0.4, 0.5) is 4.79 Å².